The number of H-pyrrole nitrogens is 1. The molecule has 0 spiro atoms. The van der Waals surface area contributed by atoms with Gasteiger partial charge in [-0.1, -0.05) is 23.7 Å². The zero-order chi connectivity index (χ0) is 27.5. The van der Waals surface area contributed by atoms with Gasteiger partial charge in [0, 0.05) is 35.8 Å². The molecule has 0 aliphatic heterocycles. The highest BCUT2D eigenvalue weighted by molar-refractivity contribution is 6.31. The van der Waals surface area contributed by atoms with Gasteiger partial charge in [0.15, 0.2) is 5.82 Å². The minimum absolute atomic E-state index is 0.0647. The summed E-state index contributed by atoms with van der Waals surface area (Å²) < 4.78 is 16.5. The molecule has 4 aromatic rings. The molecule has 2 atom stereocenters. The van der Waals surface area contributed by atoms with Crippen molar-refractivity contribution in [1.82, 2.24) is 19.9 Å². The Kier molecular flexibility index (Phi) is 8.47. The third-order valence-corrected chi connectivity index (χ3v) is 7.71. The van der Waals surface area contributed by atoms with Crippen LogP contribution in [0, 0.1) is 11.7 Å². The van der Waals surface area contributed by atoms with Crippen molar-refractivity contribution >= 4 is 22.6 Å². The van der Waals surface area contributed by atoms with Crippen LogP contribution < -0.4 is 22.5 Å². The molecule has 2 aromatic heterocycles. The van der Waals surface area contributed by atoms with E-state index in [9.17, 15) is 4.79 Å². The summed E-state index contributed by atoms with van der Waals surface area (Å²) in [4.78, 5) is 20.2. The molecule has 0 amide bonds. The summed E-state index contributed by atoms with van der Waals surface area (Å²) in [6, 6.07) is 13.5. The van der Waals surface area contributed by atoms with Crippen molar-refractivity contribution in [2.24, 2.45) is 17.4 Å². The molecule has 0 radical (unpaired) electrons. The van der Waals surface area contributed by atoms with Gasteiger partial charge in [0.25, 0.3) is 0 Å². The Morgan fingerprint density at radius 3 is 2.64 bits per heavy atom. The first-order valence-electron chi connectivity index (χ1n) is 13.7. The van der Waals surface area contributed by atoms with Crippen molar-refractivity contribution in [2.75, 3.05) is 6.54 Å². The maximum Gasteiger partial charge on any atom is 0.354 e. The standard InChI is InChI=1S/C30H36ClFN6O/c1-18(33)3-2-4-20-13-24(28(32)25(31)14-20)27-15-22-17-38(30(39)37-29(22)36-27)23-9-5-19(6-10-23)16-35-12-11-26(34)21-7-8-21/h5-6,9-10,13-15,17-18,21,26,35H,2-4,7-8,11-12,16,33-34H2,1H3,(H,36,37,39)/t18-,26+/m0/s1. The molecule has 1 fully saturated rings. The molecule has 7 nitrogen and oxygen atoms in total. The van der Waals surface area contributed by atoms with Crippen LogP contribution in [0.15, 0.2) is 53.5 Å². The highest BCUT2D eigenvalue weighted by Crippen LogP contribution is 2.33. The number of aromatic amines is 1. The molecule has 5 rings (SSSR count). The van der Waals surface area contributed by atoms with Crippen LogP contribution >= 0.6 is 11.6 Å². The van der Waals surface area contributed by atoms with Crippen LogP contribution in [0.25, 0.3) is 28.0 Å². The normalized spacial score (nSPS) is 15.1. The maximum absolute atomic E-state index is 15.0. The quantitative estimate of drug-likeness (QED) is 0.184. The molecule has 1 saturated carbocycles. The molecule has 0 unspecified atom stereocenters. The third-order valence-electron chi connectivity index (χ3n) is 7.44. The zero-order valence-corrected chi connectivity index (χ0v) is 23.0. The molecule has 1 aliphatic rings. The van der Waals surface area contributed by atoms with Crippen LogP contribution in [0.5, 0.6) is 0 Å². The molecular formula is C30H36ClFN6O. The van der Waals surface area contributed by atoms with E-state index in [1.54, 1.807) is 24.4 Å². The molecule has 2 aromatic carbocycles. The molecule has 9 heteroatoms. The summed E-state index contributed by atoms with van der Waals surface area (Å²) in [6.07, 6.45) is 7.74. The summed E-state index contributed by atoms with van der Waals surface area (Å²) >= 11 is 6.23. The van der Waals surface area contributed by atoms with Crippen LogP contribution in [-0.4, -0.2) is 33.2 Å². The van der Waals surface area contributed by atoms with Gasteiger partial charge in [0.05, 0.1) is 16.4 Å². The van der Waals surface area contributed by atoms with Gasteiger partial charge in [-0.3, -0.25) is 4.57 Å². The number of nitrogens with zero attached hydrogens (tertiary/aromatic N) is 2. The van der Waals surface area contributed by atoms with Crippen LogP contribution in [0.1, 0.15) is 50.2 Å². The predicted molar refractivity (Wildman–Crippen MR) is 156 cm³/mol. The molecule has 6 N–H and O–H groups in total. The molecule has 0 saturated heterocycles. The Balaban J connectivity index is 1.32. The van der Waals surface area contributed by atoms with E-state index in [0.717, 1.165) is 49.9 Å². The SMILES string of the molecule is C[C@H](N)CCCc1cc(Cl)c(F)c(-c2cc3cn(-c4ccc(CNCC[C@@H](N)C5CC5)cc4)c(=O)nc3[nH]2)c1. The first-order chi connectivity index (χ1) is 18.8. The molecule has 206 valence electrons. The second kappa shape index (κ2) is 12.0. The number of aryl methyl sites for hydroxylation is 1. The number of hydrogen-bond donors (Lipinski definition) is 4. The van der Waals surface area contributed by atoms with Gasteiger partial charge in [-0.15, -0.1) is 0 Å². The lowest BCUT2D eigenvalue weighted by molar-refractivity contribution is 0.517. The average Bonchev–Trinajstić information content (AvgIpc) is 3.68. The highest BCUT2D eigenvalue weighted by atomic mass is 35.5. The fourth-order valence-corrected chi connectivity index (χ4v) is 5.22. The van der Waals surface area contributed by atoms with Crippen LogP contribution in [0.4, 0.5) is 4.39 Å². The van der Waals surface area contributed by atoms with Gasteiger partial charge in [0.2, 0.25) is 0 Å². The lowest BCUT2D eigenvalue weighted by Gasteiger charge is -2.11. The van der Waals surface area contributed by atoms with E-state index in [2.05, 4.69) is 15.3 Å². The number of nitrogens with two attached hydrogens (primary N) is 2. The van der Waals surface area contributed by atoms with Crippen molar-refractivity contribution in [1.29, 1.82) is 0 Å². The van der Waals surface area contributed by atoms with E-state index in [0.29, 0.717) is 39.9 Å². The molecule has 1 aliphatic carbocycles. The predicted octanol–water partition coefficient (Wildman–Crippen LogP) is 5.06. The number of rotatable bonds is 12. The minimum Gasteiger partial charge on any atom is -0.339 e. The topological polar surface area (TPSA) is 115 Å². The van der Waals surface area contributed by atoms with Crippen molar-refractivity contribution < 1.29 is 4.39 Å². The van der Waals surface area contributed by atoms with Gasteiger partial charge in [-0.25, -0.2) is 9.18 Å². The van der Waals surface area contributed by atoms with Crippen molar-refractivity contribution in [3.8, 4) is 16.9 Å². The Hall–Kier alpha value is -3.04. The molecule has 0 bridgehead atoms. The molecule has 2 heterocycles. The van der Waals surface area contributed by atoms with E-state index in [1.165, 1.54) is 17.4 Å². The van der Waals surface area contributed by atoms with Crippen molar-refractivity contribution in [2.45, 2.75) is 64.1 Å². The largest absolute Gasteiger partial charge is 0.354 e. The Labute approximate surface area is 232 Å². The van der Waals surface area contributed by atoms with Crippen molar-refractivity contribution in [3.05, 3.63) is 81.1 Å². The van der Waals surface area contributed by atoms with Crippen LogP contribution in [0.2, 0.25) is 5.02 Å². The van der Waals surface area contributed by atoms with Crippen molar-refractivity contribution in [3.63, 3.8) is 0 Å². The smallest absolute Gasteiger partial charge is 0.339 e. The second-order valence-electron chi connectivity index (χ2n) is 10.8. The van der Waals surface area contributed by atoms with Gasteiger partial charge < -0.3 is 21.8 Å². The Morgan fingerprint density at radius 1 is 1.15 bits per heavy atom. The molecular weight excluding hydrogens is 515 g/mol. The van der Waals surface area contributed by atoms with Crippen LogP contribution in [-0.2, 0) is 13.0 Å². The van der Waals surface area contributed by atoms with E-state index in [-0.39, 0.29) is 11.1 Å². The summed E-state index contributed by atoms with van der Waals surface area (Å²) in [7, 11) is 0. The average molecular weight is 551 g/mol. The number of fused-ring (bicyclic) bond motifs is 1. The monoisotopic (exact) mass is 550 g/mol. The second-order valence-corrected chi connectivity index (χ2v) is 11.2. The first-order valence-corrected chi connectivity index (χ1v) is 14.1. The fraction of sp³-hybridized carbons (Fsp3) is 0.400. The third kappa shape index (κ3) is 6.76. The van der Waals surface area contributed by atoms with E-state index in [1.807, 2.05) is 31.2 Å². The van der Waals surface area contributed by atoms with E-state index >= 15 is 4.39 Å². The number of halogens is 2. The summed E-state index contributed by atoms with van der Waals surface area (Å²) in [5.41, 5.74) is 15.6. The number of hydrogen-bond acceptors (Lipinski definition) is 5. The summed E-state index contributed by atoms with van der Waals surface area (Å²) in [5.74, 6) is 0.206. The van der Waals surface area contributed by atoms with E-state index in [4.69, 9.17) is 23.1 Å². The minimum atomic E-state index is -0.506. The summed E-state index contributed by atoms with van der Waals surface area (Å²) in [5, 5.41) is 4.21. The van der Waals surface area contributed by atoms with E-state index < -0.39 is 11.5 Å². The van der Waals surface area contributed by atoms with Gasteiger partial charge in [0.1, 0.15) is 5.65 Å². The number of nitrogens with one attached hydrogen (secondary N) is 2. The maximum atomic E-state index is 15.0. The lowest BCUT2D eigenvalue weighted by Crippen LogP contribution is -2.28. The lowest BCUT2D eigenvalue weighted by atomic mass is 10.0. The first kappa shape index (κ1) is 27.5. The highest BCUT2D eigenvalue weighted by Gasteiger charge is 2.27. The number of aromatic nitrogens is 3. The van der Waals surface area contributed by atoms with Crippen LogP contribution in [0.3, 0.4) is 0 Å². The summed E-state index contributed by atoms with van der Waals surface area (Å²) in [6.45, 7) is 3.59. The van der Waals surface area contributed by atoms with Gasteiger partial charge in [-0.05, 0) is 99.4 Å². The van der Waals surface area contributed by atoms with Gasteiger partial charge >= 0.3 is 5.69 Å². The van der Waals surface area contributed by atoms with Gasteiger partial charge in [-0.2, -0.15) is 4.98 Å². The number of benzene rings is 2. The molecule has 39 heavy (non-hydrogen) atoms. The Bertz CT molecular complexity index is 1490. The zero-order valence-electron chi connectivity index (χ0n) is 22.2. The fourth-order valence-electron chi connectivity index (χ4n) is 4.97. The Morgan fingerprint density at radius 2 is 1.92 bits per heavy atom.